The second kappa shape index (κ2) is 8.15. The first-order valence-electron chi connectivity index (χ1n) is 13.8. The van der Waals surface area contributed by atoms with Crippen molar-refractivity contribution in [3.63, 3.8) is 0 Å². The number of carbonyl (C=O) groups excluding carboxylic acids is 1. The zero-order valence-corrected chi connectivity index (χ0v) is 22.9. The number of rotatable bonds is 4. The number of ketones is 1. The van der Waals surface area contributed by atoms with Crippen molar-refractivity contribution >= 4 is 5.78 Å². The zero-order chi connectivity index (χ0) is 25.5. The molecular formula is C30H50O4. The maximum Gasteiger partial charge on any atom is 0.138 e. The van der Waals surface area contributed by atoms with Gasteiger partial charge in [-0.25, -0.2) is 0 Å². The van der Waals surface area contributed by atoms with Crippen LogP contribution in [0.1, 0.15) is 107 Å². The Morgan fingerprint density at radius 2 is 1.71 bits per heavy atom. The van der Waals surface area contributed by atoms with Gasteiger partial charge in [0.2, 0.25) is 0 Å². The molecule has 0 amide bonds. The molecule has 0 aromatic heterocycles. The number of hydrogen-bond acceptors (Lipinski definition) is 4. The molecule has 0 heterocycles. The third-order valence-corrected chi connectivity index (χ3v) is 12.0. The summed E-state index contributed by atoms with van der Waals surface area (Å²) in [5, 5.41) is 35.0. The molecule has 3 unspecified atom stereocenters. The number of aliphatic hydroxyl groups excluding tert-OH is 2. The van der Waals surface area contributed by atoms with Gasteiger partial charge in [-0.1, -0.05) is 46.3 Å². The first kappa shape index (κ1) is 26.4. The molecule has 0 bridgehead atoms. The highest BCUT2D eigenvalue weighted by molar-refractivity contribution is 5.85. The van der Waals surface area contributed by atoms with Crippen LogP contribution in [0.4, 0.5) is 0 Å². The molecule has 3 N–H and O–H groups in total. The van der Waals surface area contributed by atoms with Crippen molar-refractivity contribution in [1.29, 1.82) is 0 Å². The van der Waals surface area contributed by atoms with Gasteiger partial charge in [-0.3, -0.25) is 4.79 Å². The van der Waals surface area contributed by atoms with Crippen LogP contribution < -0.4 is 0 Å². The topological polar surface area (TPSA) is 77.8 Å². The monoisotopic (exact) mass is 474 g/mol. The van der Waals surface area contributed by atoms with E-state index in [9.17, 15) is 20.1 Å². The highest BCUT2D eigenvalue weighted by Gasteiger charge is 2.73. The third-order valence-electron chi connectivity index (χ3n) is 12.0. The van der Waals surface area contributed by atoms with Crippen LogP contribution in [0.15, 0.2) is 11.6 Å². The molecular weight excluding hydrogens is 424 g/mol. The second-order valence-electron chi connectivity index (χ2n) is 14.4. The molecule has 4 saturated carbocycles. The molecule has 0 radical (unpaired) electrons. The molecule has 4 fully saturated rings. The van der Waals surface area contributed by atoms with E-state index < -0.39 is 23.2 Å². The maximum atomic E-state index is 12.9. The van der Waals surface area contributed by atoms with Crippen molar-refractivity contribution in [1.82, 2.24) is 0 Å². The van der Waals surface area contributed by atoms with Gasteiger partial charge >= 0.3 is 0 Å². The first-order chi connectivity index (χ1) is 15.5. The minimum Gasteiger partial charge on any atom is -0.393 e. The summed E-state index contributed by atoms with van der Waals surface area (Å²) < 4.78 is 0. The van der Waals surface area contributed by atoms with Crippen molar-refractivity contribution in [2.75, 3.05) is 0 Å². The van der Waals surface area contributed by atoms with Crippen LogP contribution in [-0.2, 0) is 4.79 Å². The quantitative estimate of drug-likeness (QED) is 0.458. The summed E-state index contributed by atoms with van der Waals surface area (Å²) in [5.41, 5.74) is -0.555. The van der Waals surface area contributed by atoms with Gasteiger partial charge in [-0.2, -0.15) is 0 Å². The predicted octanol–water partition coefficient (Wildman–Crippen LogP) is 5.68. The third kappa shape index (κ3) is 3.52. The van der Waals surface area contributed by atoms with Gasteiger partial charge in [-0.05, 0) is 99.7 Å². The van der Waals surface area contributed by atoms with Crippen LogP contribution in [0, 0.1) is 45.3 Å². The van der Waals surface area contributed by atoms with Gasteiger partial charge in [0.15, 0.2) is 0 Å². The van der Waals surface area contributed by atoms with Crippen molar-refractivity contribution in [2.24, 2.45) is 45.3 Å². The lowest BCUT2D eigenvalue weighted by Gasteiger charge is -2.70. The second-order valence-corrected chi connectivity index (χ2v) is 14.4. The summed E-state index contributed by atoms with van der Waals surface area (Å²) in [6.07, 6.45) is 7.43. The number of fused-ring (bicyclic) bond motifs is 5. The predicted molar refractivity (Wildman–Crippen MR) is 136 cm³/mol. The van der Waals surface area contributed by atoms with E-state index >= 15 is 0 Å². The number of allylic oxidation sites excluding steroid dienone is 2. The van der Waals surface area contributed by atoms with E-state index in [2.05, 4.69) is 40.7 Å². The summed E-state index contributed by atoms with van der Waals surface area (Å²) in [6.45, 7) is 17.2. The van der Waals surface area contributed by atoms with Crippen LogP contribution in [-0.4, -0.2) is 38.9 Å². The smallest absolute Gasteiger partial charge is 0.138 e. The van der Waals surface area contributed by atoms with Gasteiger partial charge in [0.25, 0.3) is 0 Å². The van der Waals surface area contributed by atoms with E-state index in [4.69, 9.17) is 0 Å². The van der Waals surface area contributed by atoms with Crippen molar-refractivity contribution in [2.45, 2.75) is 125 Å². The minimum atomic E-state index is -0.822. The van der Waals surface area contributed by atoms with E-state index in [0.717, 1.165) is 25.7 Å². The number of hydrogen-bond donors (Lipinski definition) is 3. The molecule has 4 rings (SSSR count). The molecule has 194 valence electrons. The largest absolute Gasteiger partial charge is 0.393 e. The molecule has 4 aliphatic carbocycles. The Bertz CT molecular complexity index is 854. The number of aliphatic hydroxyl groups is 3. The van der Waals surface area contributed by atoms with E-state index in [1.807, 2.05) is 20.8 Å². The lowest BCUT2D eigenvalue weighted by molar-refractivity contribution is -0.258. The standard InChI is InChI=1S/C30H50O4/c1-18(2)10-9-13-30(8,34)19-11-15-28(6)24(19)20(31)16-22-27(5)14-12-23(33)26(3,4)25(27)21(32)17-29(22,28)7/h10,19-22,24-25,31-32,34H,9,11-17H2,1-8H3/t19-,20+,21-,22?,24?,25?,27+,28+,29+,30-/m0/s1. The van der Waals surface area contributed by atoms with Crippen molar-refractivity contribution < 1.29 is 20.1 Å². The van der Waals surface area contributed by atoms with Crippen molar-refractivity contribution in [3.05, 3.63) is 11.6 Å². The summed E-state index contributed by atoms with van der Waals surface area (Å²) >= 11 is 0. The summed E-state index contributed by atoms with van der Waals surface area (Å²) in [7, 11) is 0. The fourth-order valence-corrected chi connectivity index (χ4v) is 10.3. The van der Waals surface area contributed by atoms with Crippen LogP contribution in [0.2, 0.25) is 0 Å². The Morgan fingerprint density at radius 1 is 1.06 bits per heavy atom. The molecule has 34 heavy (non-hydrogen) atoms. The highest BCUT2D eigenvalue weighted by Crippen LogP contribution is 2.75. The van der Waals surface area contributed by atoms with E-state index in [-0.39, 0.29) is 45.7 Å². The lowest BCUT2D eigenvalue weighted by Crippen LogP contribution is -2.69. The van der Waals surface area contributed by atoms with Crippen LogP contribution >= 0.6 is 0 Å². The fraction of sp³-hybridized carbons (Fsp3) is 0.900. The lowest BCUT2D eigenvalue weighted by atomic mass is 9.34. The normalized spacial score (nSPS) is 49.4. The average molecular weight is 475 g/mol. The Labute approximate surface area is 207 Å². The fourth-order valence-electron chi connectivity index (χ4n) is 10.3. The molecule has 0 aromatic carbocycles. The van der Waals surface area contributed by atoms with Crippen LogP contribution in [0.5, 0.6) is 0 Å². The molecule has 10 atom stereocenters. The average Bonchev–Trinajstić information content (AvgIpc) is 3.07. The van der Waals surface area contributed by atoms with Gasteiger partial charge in [0.1, 0.15) is 5.78 Å². The molecule has 4 aliphatic rings. The van der Waals surface area contributed by atoms with Gasteiger partial charge in [0.05, 0.1) is 17.8 Å². The van der Waals surface area contributed by atoms with Crippen LogP contribution in [0.25, 0.3) is 0 Å². The highest BCUT2D eigenvalue weighted by atomic mass is 16.3. The molecule has 0 aliphatic heterocycles. The Kier molecular flexibility index (Phi) is 6.32. The summed E-state index contributed by atoms with van der Waals surface area (Å²) in [6, 6.07) is 0. The van der Waals surface area contributed by atoms with E-state index in [0.29, 0.717) is 25.7 Å². The maximum absolute atomic E-state index is 12.9. The van der Waals surface area contributed by atoms with E-state index in [1.54, 1.807) is 0 Å². The molecule has 4 nitrogen and oxygen atoms in total. The molecule has 0 aromatic rings. The summed E-state index contributed by atoms with van der Waals surface area (Å²) in [4.78, 5) is 12.9. The first-order valence-corrected chi connectivity index (χ1v) is 13.8. The van der Waals surface area contributed by atoms with Gasteiger partial charge in [0, 0.05) is 17.8 Å². The molecule has 0 saturated heterocycles. The van der Waals surface area contributed by atoms with Crippen molar-refractivity contribution in [3.8, 4) is 0 Å². The minimum absolute atomic E-state index is 0.0287. The van der Waals surface area contributed by atoms with Crippen LogP contribution in [0.3, 0.4) is 0 Å². The van der Waals surface area contributed by atoms with Gasteiger partial charge < -0.3 is 15.3 Å². The Hall–Kier alpha value is -0.710. The zero-order valence-electron chi connectivity index (χ0n) is 22.9. The van der Waals surface area contributed by atoms with E-state index in [1.165, 1.54) is 5.57 Å². The van der Waals surface area contributed by atoms with Gasteiger partial charge in [-0.15, -0.1) is 0 Å². The SMILES string of the molecule is CC(C)=CCC[C@](C)(O)[C@H]1CC[C@]2(C)C1[C@H](O)CC1[C@@]3(C)CCC(=O)C(C)(C)C3[C@@H](O)C[C@]12C. The Morgan fingerprint density at radius 3 is 2.32 bits per heavy atom. The molecule has 4 heteroatoms. The Balaban J connectivity index is 1.71. The summed E-state index contributed by atoms with van der Waals surface area (Å²) in [5.74, 6) is 0.540. The molecule has 0 spiro atoms. The number of Topliss-reactive ketones (excluding diaryl/α,β-unsaturated/α-hetero) is 1. The number of carbonyl (C=O) groups is 1.